The van der Waals surface area contributed by atoms with Gasteiger partial charge in [0.15, 0.2) is 0 Å². The van der Waals surface area contributed by atoms with Crippen molar-refractivity contribution in [3.05, 3.63) is 65.8 Å². The fourth-order valence-electron chi connectivity index (χ4n) is 2.88. The molecule has 0 aliphatic rings. The molecule has 3 aromatic heterocycles. The van der Waals surface area contributed by atoms with Crippen LogP contribution in [0.1, 0.15) is 5.56 Å². The lowest BCUT2D eigenvalue weighted by Gasteiger charge is -2.12. The van der Waals surface area contributed by atoms with Gasteiger partial charge in [0.05, 0.1) is 33.7 Å². The number of benzene rings is 1. The van der Waals surface area contributed by atoms with Crippen molar-refractivity contribution < 1.29 is 22.7 Å². The van der Waals surface area contributed by atoms with Gasteiger partial charge in [-0.1, -0.05) is 11.6 Å². The van der Waals surface area contributed by atoms with Gasteiger partial charge in [0, 0.05) is 25.5 Å². The molecule has 0 saturated carbocycles. The number of nitrogens with zero attached hydrogens (tertiary/aromatic N) is 4. The zero-order valence-corrected chi connectivity index (χ0v) is 17.1. The molecule has 0 radical (unpaired) electrons. The van der Waals surface area contributed by atoms with Gasteiger partial charge in [-0.05, 0) is 24.3 Å². The Kier molecular flexibility index (Phi) is 5.57. The van der Waals surface area contributed by atoms with E-state index < -0.39 is 17.8 Å². The first-order valence-electron chi connectivity index (χ1n) is 9.04. The van der Waals surface area contributed by atoms with E-state index in [1.165, 1.54) is 18.5 Å². The number of nitrogens with one attached hydrogen (secondary N) is 2. The van der Waals surface area contributed by atoms with Gasteiger partial charge in [0.2, 0.25) is 5.88 Å². The minimum absolute atomic E-state index is 0.122. The number of fused-ring (bicyclic) bond motifs is 1. The molecule has 0 unspecified atom stereocenters. The molecular weight excluding hydrogens is 449 g/mol. The number of ether oxygens (including phenoxy) is 1. The van der Waals surface area contributed by atoms with Crippen molar-refractivity contribution in [2.24, 2.45) is 7.05 Å². The Morgan fingerprint density at radius 2 is 1.94 bits per heavy atom. The van der Waals surface area contributed by atoms with Crippen LogP contribution in [0.25, 0.3) is 11.0 Å². The maximum atomic E-state index is 12.8. The van der Waals surface area contributed by atoms with Crippen molar-refractivity contribution in [2.75, 3.05) is 10.6 Å². The van der Waals surface area contributed by atoms with Gasteiger partial charge in [-0.25, -0.2) is 9.78 Å². The maximum absolute atomic E-state index is 12.8. The molecule has 3 heterocycles. The van der Waals surface area contributed by atoms with E-state index in [1.54, 1.807) is 6.07 Å². The number of hydrogen-bond donors (Lipinski definition) is 2. The second kappa shape index (κ2) is 8.35. The number of carbonyl (C=O) groups excluding carboxylic acids is 1. The topological polar surface area (TPSA) is 94.0 Å². The highest BCUT2D eigenvalue weighted by molar-refractivity contribution is 6.34. The zero-order chi connectivity index (χ0) is 22.9. The molecule has 0 atom stereocenters. The first-order valence-corrected chi connectivity index (χ1v) is 9.42. The molecule has 4 aromatic rings. The monoisotopic (exact) mass is 462 g/mol. The average molecular weight is 463 g/mol. The second-order valence-electron chi connectivity index (χ2n) is 6.62. The van der Waals surface area contributed by atoms with Gasteiger partial charge >= 0.3 is 12.2 Å². The predicted octanol–water partition coefficient (Wildman–Crippen LogP) is 5.47. The number of alkyl halides is 3. The molecule has 2 amide bonds. The summed E-state index contributed by atoms with van der Waals surface area (Å²) in [6.45, 7) is 0. The molecule has 32 heavy (non-hydrogen) atoms. The molecule has 2 N–H and O–H groups in total. The van der Waals surface area contributed by atoms with E-state index in [-0.39, 0.29) is 16.4 Å². The molecule has 4 rings (SSSR count). The molecule has 1 aromatic carbocycles. The number of rotatable bonds is 4. The highest BCUT2D eigenvalue weighted by atomic mass is 35.5. The second-order valence-corrected chi connectivity index (χ2v) is 7.03. The number of amides is 2. The standard InChI is InChI=1S/C20H14ClF3N6O2/c1-30-5-4-16-17(30)18(27-10-26-16)32-13-2-3-15(14(21)7-13)29-19(31)28-12-6-11(8-25-9-12)20(22,23)24/h2-10H,1H3,(H2,28,29,31). The molecule has 0 fully saturated rings. The fourth-order valence-corrected chi connectivity index (χ4v) is 3.10. The van der Waals surface area contributed by atoms with Gasteiger partial charge in [-0.2, -0.15) is 18.2 Å². The number of aromatic nitrogens is 4. The van der Waals surface area contributed by atoms with Crippen LogP contribution in [0.2, 0.25) is 5.02 Å². The number of halogens is 4. The molecular formula is C20H14ClF3N6O2. The molecule has 12 heteroatoms. The first kappa shape index (κ1) is 21.4. The summed E-state index contributed by atoms with van der Waals surface area (Å²) in [7, 11) is 1.83. The average Bonchev–Trinajstić information content (AvgIpc) is 3.11. The first-order chi connectivity index (χ1) is 15.2. The number of anilines is 2. The van der Waals surface area contributed by atoms with E-state index in [4.69, 9.17) is 16.3 Å². The Balaban J connectivity index is 1.47. The van der Waals surface area contributed by atoms with Crippen LogP contribution in [0.4, 0.5) is 29.3 Å². The Morgan fingerprint density at radius 3 is 2.69 bits per heavy atom. The third kappa shape index (κ3) is 4.57. The van der Waals surface area contributed by atoms with Crippen LogP contribution >= 0.6 is 11.6 Å². The zero-order valence-electron chi connectivity index (χ0n) is 16.3. The van der Waals surface area contributed by atoms with E-state index in [9.17, 15) is 18.0 Å². The van der Waals surface area contributed by atoms with Crippen LogP contribution in [0.5, 0.6) is 11.6 Å². The third-order valence-electron chi connectivity index (χ3n) is 4.35. The number of carbonyl (C=O) groups is 1. The summed E-state index contributed by atoms with van der Waals surface area (Å²) in [4.78, 5) is 24.0. The highest BCUT2D eigenvalue weighted by Crippen LogP contribution is 2.32. The van der Waals surface area contributed by atoms with Crippen molar-refractivity contribution in [1.29, 1.82) is 0 Å². The minimum atomic E-state index is -4.57. The highest BCUT2D eigenvalue weighted by Gasteiger charge is 2.31. The van der Waals surface area contributed by atoms with Crippen LogP contribution in [0.3, 0.4) is 0 Å². The van der Waals surface area contributed by atoms with Gasteiger partial charge in [-0.15, -0.1) is 0 Å². The van der Waals surface area contributed by atoms with E-state index in [0.717, 1.165) is 12.3 Å². The summed E-state index contributed by atoms with van der Waals surface area (Å²) in [6.07, 6.45) is 0.390. The van der Waals surface area contributed by atoms with E-state index >= 15 is 0 Å². The third-order valence-corrected chi connectivity index (χ3v) is 4.67. The van der Waals surface area contributed by atoms with Crippen LogP contribution in [-0.4, -0.2) is 25.6 Å². The van der Waals surface area contributed by atoms with Crippen LogP contribution in [0, 0.1) is 0 Å². The smallest absolute Gasteiger partial charge is 0.417 e. The molecule has 0 spiro atoms. The summed E-state index contributed by atoms with van der Waals surface area (Å²) < 4.78 is 46.0. The minimum Gasteiger partial charge on any atom is -0.437 e. The lowest BCUT2D eigenvalue weighted by atomic mass is 10.2. The van der Waals surface area contributed by atoms with Crippen molar-refractivity contribution in [1.82, 2.24) is 19.5 Å². The molecule has 0 saturated heterocycles. The van der Waals surface area contributed by atoms with Crippen LogP contribution < -0.4 is 15.4 Å². The lowest BCUT2D eigenvalue weighted by molar-refractivity contribution is -0.137. The summed E-state index contributed by atoms with van der Waals surface area (Å²) in [5, 5.41) is 4.90. The lowest BCUT2D eigenvalue weighted by Crippen LogP contribution is -2.20. The summed E-state index contributed by atoms with van der Waals surface area (Å²) >= 11 is 6.23. The SMILES string of the molecule is Cn1ccc2ncnc(Oc3ccc(NC(=O)Nc4cncc(C(F)(F)F)c4)c(Cl)c3)c21. The number of urea groups is 1. The van der Waals surface area contributed by atoms with Gasteiger partial charge < -0.3 is 19.9 Å². The maximum Gasteiger partial charge on any atom is 0.417 e. The van der Waals surface area contributed by atoms with E-state index in [2.05, 4.69) is 25.6 Å². The van der Waals surface area contributed by atoms with Gasteiger partial charge in [0.1, 0.15) is 17.6 Å². The number of aryl methyl sites for hydroxylation is 1. The number of pyridine rings is 1. The molecule has 0 bridgehead atoms. The largest absolute Gasteiger partial charge is 0.437 e. The quantitative estimate of drug-likeness (QED) is 0.419. The van der Waals surface area contributed by atoms with Crippen molar-refractivity contribution in [3.8, 4) is 11.6 Å². The molecule has 0 aliphatic carbocycles. The van der Waals surface area contributed by atoms with Crippen LogP contribution in [-0.2, 0) is 13.2 Å². The Hall–Kier alpha value is -3.86. The Morgan fingerprint density at radius 1 is 1.12 bits per heavy atom. The van der Waals surface area contributed by atoms with Gasteiger partial charge in [0.25, 0.3) is 0 Å². The van der Waals surface area contributed by atoms with Crippen molar-refractivity contribution in [2.45, 2.75) is 6.18 Å². The molecule has 8 nitrogen and oxygen atoms in total. The fraction of sp³-hybridized carbons (Fsp3) is 0.100. The normalized spacial score (nSPS) is 11.4. The van der Waals surface area contributed by atoms with Crippen molar-refractivity contribution in [3.63, 3.8) is 0 Å². The summed E-state index contributed by atoms with van der Waals surface area (Å²) in [6, 6.07) is 6.33. The summed E-state index contributed by atoms with van der Waals surface area (Å²) in [5.74, 6) is 0.693. The van der Waals surface area contributed by atoms with E-state index in [0.29, 0.717) is 28.9 Å². The molecule has 0 aliphatic heterocycles. The molecule has 164 valence electrons. The predicted molar refractivity (Wildman–Crippen MR) is 112 cm³/mol. The Bertz CT molecular complexity index is 1310. The Labute approximate surface area is 184 Å². The van der Waals surface area contributed by atoms with E-state index in [1.807, 2.05) is 23.9 Å². The van der Waals surface area contributed by atoms with Gasteiger partial charge in [-0.3, -0.25) is 4.98 Å². The number of hydrogen-bond acceptors (Lipinski definition) is 5. The van der Waals surface area contributed by atoms with Crippen molar-refractivity contribution >= 4 is 40.0 Å². The summed E-state index contributed by atoms with van der Waals surface area (Å²) in [5.41, 5.74) is 0.529. The van der Waals surface area contributed by atoms with Crippen LogP contribution in [0.15, 0.2) is 55.2 Å².